The molecule has 0 aromatic heterocycles. The molecule has 16 heavy (non-hydrogen) atoms. The van der Waals surface area contributed by atoms with E-state index in [0.29, 0.717) is 0 Å². The smallest absolute Gasteiger partial charge is 0.126 e. The van der Waals surface area contributed by atoms with Crippen LogP contribution in [0.5, 0.6) is 0 Å². The highest BCUT2D eigenvalue weighted by molar-refractivity contribution is 5.99. The first-order valence-corrected chi connectivity index (χ1v) is 5.02. The molecule has 0 atom stereocenters. The van der Waals surface area contributed by atoms with Crippen LogP contribution < -0.4 is 11.5 Å². The average Bonchev–Trinajstić information content (AvgIpc) is 2.19. The summed E-state index contributed by atoms with van der Waals surface area (Å²) in [6, 6.07) is 11.5. The molecule has 84 valence electrons. The molecule has 0 aliphatic heterocycles. The van der Waals surface area contributed by atoms with Gasteiger partial charge in [0.1, 0.15) is 5.78 Å². The van der Waals surface area contributed by atoms with Crippen LogP contribution >= 0.6 is 0 Å². The molecular formula is C13H16N2O. The summed E-state index contributed by atoms with van der Waals surface area (Å²) in [6.07, 6.45) is 0. The van der Waals surface area contributed by atoms with Crippen molar-refractivity contribution in [3.05, 3.63) is 36.4 Å². The summed E-state index contributed by atoms with van der Waals surface area (Å²) in [4.78, 5) is 9.44. The van der Waals surface area contributed by atoms with E-state index in [4.69, 9.17) is 11.5 Å². The Morgan fingerprint density at radius 3 is 1.50 bits per heavy atom. The van der Waals surface area contributed by atoms with Crippen LogP contribution in [-0.4, -0.2) is 5.78 Å². The number of benzene rings is 2. The highest BCUT2D eigenvalue weighted by Crippen LogP contribution is 2.24. The molecule has 2 aromatic carbocycles. The van der Waals surface area contributed by atoms with Gasteiger partial charge in [0.25, 0.3) is 0 Å². The van der Waals surface area contributed by atoms with Gasteiger partial charge in [-0.1, -0.05) is 24.3 Å². The molecule has 0 saturated heterocycles. The molecule has 0 aliphatic rings. The molecule has 3 nitrogen and oxygen atoms in total. The molecule has 0 bridgehead atoms. The van der Waals surface area contributed by atoms with Crippen LogP contribution in [0.25, 0.3) is 10.8 Å². The molecular weight excluding hydrogens is 200 g/mol. The Morgan fingerprint density at radius 1 is 0.875 bits per heavy atom. The lowest BCUT2D eigenvalue weighted by atomic mass is 10.1. The Labute approximate surface area is 95.1 Å². The Hall–Kier alpha value is -2.03. The molecule has 0 heterocycles. The zero-order chi connectivity index (χ0) is 12.1. The number of hydrogen-bond donors (Lipinski definition) is 2. The molecule has 0 aliphatic carbocycles. The Kier molecular flexibility index (Phi) is 3.89. The van der Waals surface area contributed by atoms with E-state index in [1.54, 1.807) is 0 Å². The van der Waals surface area contributed by atoms with Crippen LogP contribution in [0.3, 0.4) is 0 Å². The summed E-state index contributed by atoms with van der Waals surface area (Å²) < 4.78 is 0. The van der Waals surface area contributed by atoms with Crippen LogP contribution in [0.2, 0.25) is 0 Å². The van der Waals surface area contributed by atoms with Crippen LogP contribution in [0.1, 0.15) is 13.8 Å². The fourth-order valence-corrected chi connectivity index (χ4v) is 1.36. The van der Waals surface area contributed by atoms with E-state index in [9.17, 15) is 4.79 Å². The van der Waals surface area contributed by atoms with Crippen molar-refractivity contribution in [3.63, 3.8) is 0 Å². The second-order valence-electron chi connectivity index (χ2n) is 3.70. The lowest BCUT2D eigenvalue weighted by molar-refractivity contribution is -0.114. The molecule has 4 N–H and O–H groups in total. The van der Waals surface area contributed by atoms with E-state index < -0.39 is 0 Å². The van der Waals surface area contributed by atoms with Gasteiger partial charge >= 0.3 is 0 Å². The monoisotopic (exact) mass is 216 g/mol. The Morgan fingerprint density at radius 2 is 1.19 bits per heavy atom. The molecule has 2 rings (SSSR count). The molecule has 0 radical (unpaired) electrons. The zero-order valence-electron chi connectivity index (χ0n) is 9.53. The number of nitrogen functional groups attached to an aromatic ring is 2. The summed E-state index contributed by atoms with van der Waals surface area (Å²) in [5, 5.41) is 2.05. The standard InChI is InChI=1S/C10H10N2.C3H6O/c11-9-5-1-3-7-8(9)4-2-6-10(7)12;1-3(2)4/h1-6H,11-12H2;1-2H3. The summed E-state index contributed by atoms with van der Waals surface area (Å²) in [5.41, 5.74) is 13.1. The maximum Gasteiger partial charge on any atom is 0.126 e. The molecule has 0 unspecified atom stereocenters. The second-order valence-corrected chi connectivity index (χ2v) is 3.70. The number of Topliss-reactive ketones (excluding diaryl/α,β-unsaturated/α-hetero) is 1. The molecule has 0 spiro atoms. The SMILES string of the molecule is CC(C)=O.Nc1cccc2c(N)cccc12. The van der Waals surface area contributed by atoms with Gasteiger partial charge in [-0.05, 0) is 26.0 Å². The fraction of sp³-hybridized carbons (Fsp3) is 0.154. The van der Waals surface area contributed by atoms with E-state index in [1.807, 2.05) is 36.4 Å². The predicted octanol–water partition coefficient (Wildman–Crippen LogP) is 2.60. The topological polar surface area (TPSA) is 69.1 Å². The highest BCUT2D eigenvalue weighted by Gasteiger charge is 1.98. The van der Waals surface area contributed by atoms with Crippen LogP contribution in [0.4, 0.5) is 11.4 Å². The average molecular weight is 216 g/mol. The zero-order valence-corrected chi connectivity index (χ0v) is 9.53. The molecule has 0 saturated carbocycles. The number of nitrogens with two attached hydrogens (primary N) is 2. The third-order valence-corrected chi connectivity index (χ3v) is 1.99. The molecule has 3 heteroatoms. The summed E-state index contributed by atoms with van der Waals surface area (Å²) in [5.74, 6) is 0.167. The minimum absolute atomic E-state index is 0.167. The highest BCUT2D eigenvalue weighted by atomic mass is 16.1. The Bertz CT molecular complexity index is 461. The minimum Gasteiger partial charge on any atom is -0.398 e. The number of ketones is 1. The van der Waals surface area contributed by atoms with Gasteiger partial charge < -0.3 is 16.3 Å². The van der Waals surface area contributed by atoms with Gasteiger partial charge in [0, 0.05) is 22.1 Å². The quantitative estimate of drug-likeness (QED) is 0.665. The van der Waals surface area contributed by atoms with Gasteiger partial charge in [-0.25, -0.2) is 0 Å². The predicted molar refractivity (Wildman–Crippen MR) is 69.1 cm³/mol. The largest absolute Gasteiger partial charge is 0.398 e. The van der Waals surface area contributed by atoms with Crippen molar-refractivity contribution >= 4 is 27.9 Å². The van der Waals surface area contributed by atoms with Crippen LogP contribution in [0.15, 0.2) is 36.4 Å². The van der Waals surface area contributed by atoms with Gasteiger partial charge in [-0.2, -0.15) is 0 Å². The number of anilines is 2. The first kappa shape index (κ1) is 12.0. The van der Waals surface area contributed by atoms with Gasteiger partial charge in [0.15, 0.2) is 0 Å². The minimum atomic E-state index is 0.167. The lowest BCUT2D eigenvalue weighted by Gasteiger charge is -2.03. The molecule has 0 fully saturated rings. The normalized spacial score (nSPS) is 9.38. The number of fused-ring (bicyclic) bond motifs is 1. The van der Waals surface area contributed by atoms with Crippen molar-refractivity contribution in [1.82, 2.24) is 0 Å². The van der Waals surface area contributed by atoms with Gasteiger partial charge in [0.05, 0.1) is 0 Å². The van der Waals surface area contributed by atoms with E-state index in [-0.39, 0.29) is 5.78 Å². The van der Waals surface area contributed by atoms with E-state index in [2.05, 4.69) is 0 Å². The van der Waals surface area contributed by atoms with E-state index in [1.165, 1.54) is 13.8 Å². The van der Waals surface area contributed by atoms with Gasteiger partial charge in [0.2, 0.25) is 0 Å². The van der Waals surface area contributed by atoms with Crippen LogP contribution in [-0.2, 0) is 4.79 Å². The van der Waals surface area contributed by atoms with Crippen molar-refractivity contribution in [2.24, 2.45) is 0 Å². The van der Waals surface area contributed by atoms with Gasteiger partial charge in [-0.3, -0.25) is 0 Å². The van der Waals surface area contributed by atoms with Gasteiger partial charge in [-0.15, -0.1) is 0 Å². The number of hydrogen-bond acceptors (Lipinski definition) is 3. The number of rotatable bonds is 0. The summed E-state index contributed by atoms with van der Waals surface area (Å²) in [7, 11) is 0. The van der Waals surface area contributed by atoms with Crippen molar-refractivity contribution < 1.29 is 4.79 Å². The van der Waals surface area contributed by atoms with Crippen molar-refractivity contribution in [2.75, 3.05) is 11.5 Å². The first-order chi connectivity index (χ1) is 7.52. The van der Waals surface area contributed by atoms with Crippen molar-refractivity contribution in [1.29, 1.82) is 0 Å². The third-order valence-electron chi connectivity index (χ3n) is 1.99. The number of carbonyl (C=O) groups is 1. The summed E-state index contributed by atoms with van der Waals surface area (Å²) >= 11 is 0. The van der Waals surface area contributed by atoms with E-state index in [0.717, 1.165) is 22.1 Å². The lowest BCUT2D eigenvalue weighted by Crippen LogP contribution is -1.90. The van der Waals surface area contributed by atoms with Crippen LogP contribution in [0, 0.1) is 0 Å². The number of carbonyl (C=O) groups excluding carboxylic acids is 1. The maximum absolute atomic E-state index is 9.44. The summed E-state index contributed by atoms with van der Waals surface area (Å²) in [6.45, 7) is 3.06. The van der Waals surface area contributed by atoms with Crippen molar-refractivity contribution in [2.45, 2.75) is 13.8 Å². The first-order valence-electron chi connectivity index (χ1n) is 5.02. The van der Waals surface area contributed by atoms with E-state index >= 15 is 0 Å². The molecule has 2 aromatic rings. The Balaban J connectivity index is 0.000000280. The third kappa shape index (κ3) is 2.98. The fourth-order valence-electron chi connectivity index (χ4n) is 1.36. The molecule has 0 amide bonds. The second kappa shape index (κ2) is 5.16. The van der Waals surface area contributed by atoms with Crippen molar-refractivity contribution in [3.8, 4) is 0 Å². The maximum atomic E-state index is 9.44.